The van der Waals surface area contributed by atoms with Crippen LogP contribution >= 0.6 is 23.8 Å². The van der Waals surface area contributed by atoms with Crippen LogP contribution in [0.5, 0.6) is 0 Å². The van der Waals surface area contributed by atoms with Crippen LogP contribution in [0.1, 0.15) is 5.56 Å². The van der Waals surface area contributed by atoms with Gasteiger partial charge >= 0.3 is 5.91 Å². The van der Waals surface area contributed by atoms with Crippen molar-refractivity contribution in [3.63, 3.8) is 0 Å². The van der Waals surface area contributed by atoms with E-state index in [0.29, 0.717) is 10.7 Å². The van der Waals surface area contributed by atoms with Crippen molar-refractivity contribution >= 4 is 40.5 Å². The molecule has 7 heteroatoms. The lowest BCUT2D eigenvalue weighted by atomic mass is 10.2. The van der Waals surface area contributed by atoms with E-state index >= 15 is 0 Å². The number of thiocarbonyl (C=S) groups is 1. The molecule has 1 aromatic rings. The van der Waals surface area contributed by atoms with Gasteiger partial charge in [0.25, 0.3) is 6.54 Å². The van der Waals surface area contributed by atoms with Crippen molar-refractivity contribution in [2.24, 2.45) is 0 Å². The van der Waals surface area contributed by atoms with E-state index in [4.69, 9.17) is 30.4 Å². The van der Waals surface area contributed by atoms with E-state index in [1.807, 2.05) is 19.1 Å². The number of benzene rings is 1. The number of aryl methyl sites for hydroxylation is 1. The Morgan fingerprint density at radius 1 is 1.50 bits per heavy atom. The highest BCUT2D eigenvalue weighted by Gasteiger charge is 2.04. The van der Waals surface area contributed by atoms with Gasteiger partial charge in [0.2, 0.25) is 0 Å². The summed E-state index contributed by atoms with van der Waals surface area (Å²) in [6, 6.07) is 5.40. The van der Waals surface area contributed by atoms with Crippen LogP contribution in [-0.4, -0.2) is 17.6 Å². The third-order valence-corrected chi connectivity index (χ3v) is 2.58. The fourth-order valence-corrected chi connectivity index (χ4v) is 1.42. The number of halogens is 1. The van der Waals surface area contributed by atoms with Crippen LogP contribution in [0, 0.1) is 13.5 Å². The number of nitrogens with zero attached hydrogens (tertiary/aromatic N) is 1. The zero-order chi connectivity index (χ0) is 13.5. The van der Waals surface area contributed by atoms with Gasteiger partial charge < -0.3 is 10.2 Å². The molecule has 0 aliphatic rings. The largest absolute Gasteiger partial charge is 0.331 e. The molecule has 0 heterocycles. The zero-order valence-corrected chi connectivity index (χ0v) is 11.2. The van der Waals surface area contributed by atoms with Gasteiger partial charge in [-0.1, -0.05) is 17.7 Å². The Hall–Kier alpha value is -1.84. The second-order valence-electron chi connectivity index (χ2n) is 3.41. The maximum atomic E-state index is 11.0. The maximum Gasteiger partial charge on any atom is 0.318 e. The molecule has 18 heavy (non-hydrogen) atoms. The second-order valence-corrected chi connectivity index (χ2v) is 4.22. The molecule has 0 radical (unpaired) electrons. The number of anilines is 1. The van der Waals surface area contributed by atoms with Gasteiger partial charge in [0.05, 0.1) is 0 Å². The molecule has 1 rings (SSSR count). The molecule has 0 aromatic heterocycles. The number of hydrogen-bond acceptors (Lipinski definition) is 2. The summed E-state index contributed by atoms with van der Waals surface area (Å²) in [4.78, 5) is 13.9. The molecule has 0 aliphatic carbocycles. The van der Waals surface area contributed by atoms with Crippen molar-refractivity contribution < 1.29 is 4.79 Å². The molecular formula is C11H11ClN4OS. The van der Waals surface area contributed by atoms with Crippen molar-refractivity contribution in [3.8, 4) is 0 Å². The van der Waals surface area contributed by atoms with Crippen LogP contribution in [0.2, 0.25) is 5.02 Å². The molecule has 0 aliphatic heterocycles. The van der Waals surface area contributed by atoms with Crippen molar-refractivity contribution in [1.82, 2.24) is 10.9 Å². The molecule has 0 saturated heterocycles. The highest BCUT2D eigenvalue weighted by atomic mass is 35.5. The minimum absolute atomic E-state index is 0.216. The molecule has 3 N–H and O–H groups in total. The Kier molecular flexibility index (Phi) is 5.36. The lowest BCUT2D eigenvalue weighted by Crippen LogP contribution is -2.44. The van der Waals surface area contributed by atoms with Gasteiger partial charge in [0.1, 0.15) is 0 Å². The molecule has 94 valence electrons. The first-order chi connectivity index (χ1) is 8.52. The van der Waals surface area contributed by atoms with Crippen molar-refractivity contribution in [3.05, 3.63) is 40.2 Å². The number of carbonyl (C=O) groups is 1. The molecule has 0 spiro atoms. The van der Waals surface area contributed by atoms with Crippen LogP contribution in [0.15, 0.2) is 18.2 Å². The van der Waals surface area contributed by atoms with E-state index in [2.05, 4.69) is 21.0 Å². The quantitative estimate of drug-likeness (QED) is 0.440. The lowest BCUT2D eigenvalue weighted by Gasteiger charge is -2.10. The lowest BCUT2D eigenvalue weighted by molar-refractivity contribution is -0.119. The Morgan fingerprint density at radius 3 is 2.83 bits per heavy atom. The van der Waals surface area contributed by atoms with E-state index < -0.39 is 5.91 Å². The van der Waals surface area contributed by atoms with E-state index in [-0.39, 0.29) is 11.7 Å². The summed E-state index contributed by atoms with van der Waals surface area (Å²) in [5, 5.41) is 3.69. The van der Waals surface area contributed by atoms with E-state index in [1.165, 1.54) is 0 Å². The third-order valence-electron chi connectivity index (χ3n) is 1.97. The average molecular weight is 283 g/mol. The first kappa shape index (κ1) is 14.2. The van der Waals surface area contributed by atoms with Crippen molar-refractivity contribution in [2.75, 3.05) is 11.9 Å². The smallest absolute Gasteiger partial charge is 0.318 e. The van der Waals surface area contributed by atoms with E-state index in [0.717, 1.165) is 5.56 Å². The SMILES string of the molecule is [C-]#[N+]CC(=O)NNC(=S)Nc1ccc(C)c(Cl)c1. The van der Waals surface area contributed by atoms with Gasteiger partial charge in [-0.15, -0.1) is 0 Å². The number of nitrogens with one attached hydrogen (secondary N) is 3. The van der Waals surface area contributed by atoms with Crippen LogP contribution in [0.3, 0.4) is 0 Å². The molecule has 0 atom stereocenters. The van der Waals surface area contributed by atoms with Crippen LogP contribution in [0.4, 0.5) is 5.69 Å². The molecule has 1 aromatic carbocycles. The zero-order valence-electron chi connectivity index (χ0n) is 9.58. The Bertz CT molecular complexity index is 512. The summed E-state index contributed by atoms with van der Waals surface area (Å²) in [6.45, 7) is 8.17. The van der Waals surface area contributed by atoms with Crippen molar-refractivity contribution in [1.29, 1.82) is 0 Å². The third kappa shape index (κ3) is 4.57. The Labute approximate surface area is 115 Å². The number of rotatable bonds is 2. The van der Waals surface area contributed by atoms with Gasteiger partial charge in [-0.3, -0.25) is 15.6 Å². The maximum absolute atomic E-state index is 11.0. The minimum Gasteiger partial charge on any atom is -0.331 e. The molecule has 0 fully saturated rings. The fourth-order valence-electron chi connectivity index (χ4n) is 1.07. The van der Waals surface area contributed by atoms with Crippen LogP contribution in [-0.2, 0) is 4.79 Å². The normalized spacial score (nSPS) is 9.17. The number of amides is 1. The topological polar surface area (TPSA) is 57.5 Å². The Morgan fingerprint density at radius 2 is 2.22 bits per heavy atom. The molecule has 5 nitrogen and oxygen atoms in total. The summed E-state index contributed by atoms with van der Waals surface area (Å²) in [5.74, 6) is -0.448. The summed E-state index contributed by atoms with van der Waals surface area (Å²) in [5.41, 5.74) is 6.45. The molecule has 0 bridgehead atoms. The summed E-state index contributed by atoms with van der Waals surface area (Å²) in [7, 11) is 0. The van der Waals surface area contributed by atoms with Gasteiger partial charge in [0.15, 0.2) is 5.11 Å². The van der Waals surface area contributed by atoms with Crippen LogP contribution < -0.4 is 16.2 Å². The predicted octanol–water partition coefficient (Wildman–Crippen LogP) is 1.89. The van der Waals surface area contributed by atoms with E-state index in [1.54, 1.807) is 6.07 Å². The molecule has 0 saturated carbocycles. The summed E-state index contributed by atoms with van der Waals surface area (Å²) >= 11 is 10.9. The number of hydrazine groups is 1. The van der Waals surface area contributed by atoms with Crippen LogP contribution in [0.25, 0.3) is 4.85 Å². The first-order valence-electron chi connectivity index (χ1n) is 4.98. The Balaban J connectivity index is 2.47. The second kappa shape index (κ2) is 6.79. The highest BCUT2D eigenvalue weighted by molar-refractivity contribution is 7.80. The molecule has 0 unspecified atom stereocenters. The first-order valence-corrected chi connectivity index (χ1v) is 5.76. The minimum atomic E-state index is -0.448. The summed E-state index contributed by atoms with van der Waals surface area (Å²) in [6.07, 6.45) is 0. The van der Waals surface area contributed by atoms with Gasteiger partial charge in [0, 0.05) is 10.7 Å². The van der Waals surface area contributed by atoms with Gasteiger partial charge in [-0.05, 0) is 36.8 Å². The average Bonchev–Trinajstić information content (AvgIpc) is 2.32. The van der Waals surface area contributed by atoms with Gasteiger partial charge in [-0.25, -0.2) is 6.57 Å². The number of hydrogen-bond donors (Lipinski definition) is 3. The highest BCUT2D eigenvalue weighted by Crippen LogP contribution is 2.19. The molecule has 1 amide bonds. The monoisotopic (exact) mass is 282 g/mol. The standard InChI is InChI=1S/C11H11ClN4OS/c1-7-3-4-8(5-9(7)12)14-11(18)16-15-10(17)6-13-2/h3-5H,6H2,1H3,(H,15,17)(H2,14,16,18). The predicted molar refractivity (Wildman–Crippen MR) is 75.2 cm³/mol. The number of carbonyl (C=O) groups excluding carboxylic acids is 1. The van der Waals surface area contributed by atoms with E-state index in [9.17, 15) is 4.79 Å². The summed E-state index contributed by atoms with van der Waals surface area (Å²) < 4.78 is 0. The molecular weight excluding hydrogens is 272 g/mol. The van der Waals surface area contributed by atoms with Crippen molar-refractivity contribution in [2.45, 2.75) is 6.92 Å². The van der Waals surface area contributed by atoms with Gasteiger partial charge in [-0.2, -0.15) is 0 Å². The fraction of sp³-hybridized carbons (Fsp3) is 0.182.